The molecule has 0 amide bonds. The van der Waals surface area contributed by atoms with Crippen LogP contribution in [0.25, 0.3) is 11.0 Å². The molecule has 0 aliphatic rings. The lowest BCUT2D eigenvalue weighted by Gasteiger charge is -2.05. The van der Waals surface area contributed by atoms with Gasteiger partial charge >= 0.3 is 0 Å². The Kier molecular flexibility index (Phi) is 4.19. The topological polar surface area (TPSA) is 39.3 Å². The van der Waals surface area contributed by atoms with Gasteiger partial charge in [-0.1, -0.05) is 48.7 Å². The van der Waals surface area contributed by atoms with E-state index < -0.39 is 0 Å². The van der Waals surface area contributed by atoms with E-state index in [9.17, 15) is 4.79 Å². The van der Waals surface area contributed by atoms with Crippen LogP contribution in [0.15, 0.2) is 53.5 Å². The third-order valence-electron chi connectivity index (χ3n) is 4.14. The van der Waals surface area contributed by atoms with Gasteiger partial charge in [0.15, 0.2) is 5.78 Å². The van der Waals surface area contributed by atoms with E-state index >= 15 is 0 Å². The fourth-order valence-corrected chi connectivity index (χ4v) is 2.90. The number of Topliss-reactive ketones (excluding diaryl/α,β-unsaturated/α-hetero) is 1. The lowest BCUT2D eigenvalue weighted by molar-refractivity contribution is 0.0972. The number of benzene rings is 2. The second-order valence-electron chi connectivity index (χ2n) is 5.49. The Morgan fingerprint density at radius 1 is 1.09 bits per heavy atom. The molecular weight excluding hydrogens is 285 g/mol. The fraction of sp³-hybridized carbons (Fsp3) is 0.222. The van der Waals surface area contributed by atoms with E-state index in [4.69, 9.17) is 0 Å². The van der Waals surface area contributed by atoms with Gasteiger partial charge in [0, 0.05) is 19.7 Å². The fourth-order valence-electron chi connectivity index (χ4n) is 2.90. The molecule has 0 bridgehead atoms. The number of hydrogen-bond donors (Lipinski definition) is 0. The molecule has 3 rings (SSSR count). The lowest BCUT2D eigenvalue weighted by Crippen LogP contribution is -2.27. The third-order valence-corrected chi connectivity index (χ3v) is 4.14. The number of para-hydroxylation sites is 2. The molecule has 0 saturated heterocycles. The van der Waals surface area contributed by atoms with Gasteiger partial charge in [0.25, 0.3) is 0 Å². The van der Waals surface area contributed by atoms with Crippen LogP contribution >= 0.6 is 0 Å². The maximum Gasteiger partial charge on any atom is 0.205 e. The van der Waals surface area contributed by atoms with Gasteiger partial charge in [-0.3, -0.25) is 9.79 Å². The Morgan fingerprint density at radius 2 is 1.74 bits per heavy atom. The predicted octanol–water partition coefficient (Wildman–Crippen LogP) is 1.77. The normalized spacial score (nSPS) is 11.9. The van der Waals surface area contributed by atoms with Gasteiger partial charge in [0.05, 0.1) is 17.6 Å². The third kappa shape index (κ3) is 2.74. The van der Waals surface area contributed by atoms with Crippen molar-refractivity contribution in [3.05, 3.63) is 59.7 Å². The Labute approximate surface area is 136 Å². The number of aromatic nitrogens is 2. The van der Waals surface area contributed by atoms with Crippen molar-refractivity contribution in [2.75, 3.05) is 7.05 Å². The predicted molar refractivity (Wildman–Crippen MR) is 94.4 cm³/mol. The van der Waals surface area contributed by atoms with Gasteiger partial charge in [-0.05, 0) is 12.1 Å². The SMILES string of the molecule is C[B]c1ccc(C(=O)Cn2c(=NC)n(C)c3ccccc32)cc1. The number of carbonyl (C=O) groups is 1. The summed E-state index contributed by atoms with van der Waals surface area (Å²) in [6, 6.07) is 15.7. The van der Waals surface area contributed by atoms with Gasteiger partial charge in [-0.15, -0.1) is 0 Å². The number of hydrogen-bond acceptors (Lipinski definition) is 2. The minimum atomic E-state index is 0.0823. The second-order valence-corrected chi connectivity index (χ2v) is 5.49. The van der Waals surface area contributed by atoms with Crippen LogP contribution in [-0.4, -0.2) is 29.2 Å². The Bertz CT molecular complexity index is 920. The van der Waals surface area contributed by atoms with E-state index in [1.807, 2.05) is 78.8 Å². The van der Waals surface area contributed by atoms with Crippen LogP contribution in [0.4, 0.5) is 0 Å². The highest BCUT2D eigenvalue weighted by molar-refractivity contribution is 6.51. The van der Waals surface area contributed by atoms with E-state index in [0.29, 0.717) is 0 Å². The first-order chi connectivity index (χ1) is 11.2. The molecule has 0 saturated carbocycles. The van der Waals surface area contributed by atoms with Gasteiger partial charge in [-0.25, -0.2) is 0 Å². The first-order valence-corrected chi connectivity index (χ1v) is 7.65. The molecular formula is C18H19BN3O. The summed E-state index contributed by atoms with van der Waals surface area (Å²) in [4.78, 5) is 17.0. The van der Waals surface area contributed by atoms with Crippen molar-refractivity contribution in [2.24, 2.45) is 12.0 Å². The smallest absolute Gasteiger partial charge is 0.205 e. The van der Waals surface area contributed by atoms with Crippen molar-refractivity contribution in [2.45, 2.75) is 13.4 Å². The molecule has 0 fully saturated rings. The molecule has 1 aromatic heterocycles. The molecule has 0 unspecified atom stereocenters. The summed E-state index contributed by atoms with van der Waals surface area (Å²) < 4.78 is 3.98. The standard InChI is InChI=1S/C18H19BN3O/c1-19-14-10-8-13(9-11-14)17(23)12-22-16-7-5-4-6-15(16)21(3)18(22)20-2/h4-11H,12H2,1-3H3. The highest BCUT2D eigenvalue weighted by Gasteiger charge is 2.13. The summed E-state index contributed by atoms with van der Waals surface area (Å²) >= 11 is 0. The van der Waals surface area contributed by atoms with Crippen molar-refractivity contribution in [3.8, 4) is 0 Å². The van der Waals surface area contributed by atoms with E-state index in [-0.39, 0.29) is 12.3 Å². The monoisotopic (exact) mass is 304 g/mol. The summed E-state index contributed by atoms with van der Waals surface area (Å²) in [5.41, 5.74) is 4.71. The van der Waals surface area contributed by atoms with Crippen molar-refractivity contribution >= 4 is 29.6 Å². The quantitative estimate of drug-likeness (QED) is 0.535. The zero-order chi connectivity index (χ0) is 16.4. The minimum Gasteiger partial charge on any atom is -0.313 e. The van der Waals surface area contributed by atoms with Crippen LogP contribution in [0.2, 0.25) is 6.82 Å². The number of nitrogens with zero attached hydrogens (tertiary/aromatic N) is 3. The van der Waals surface area contributed by atoms with Crippen molar-refractivity contribution < 1.29 is 4.79 Å². The minimum absolute atomic E-state index is 0.0823. The van der Waals surface area contributed by atoms with Crippen LogP contribution in [0.1, 0.15) is 10.4 Å². The largest absolute Gasteiger partial charge is 0.313 e. The Balaban J connectivity index is 2.02. The van der Waals surface area contributed by atoms with E-state index in [0.717, 1.165) is 27.7 Å². The number of carbonyl (C=O) groups excluding carboxylic acids is 1. The number of rotatable bonds is 4. The second kappa shape index (κ2) is 6.28. The zero-order valence-corrected chi connectivity index (χ0v) is 13.7. The van der Waals surface area contributed by atoms with E-state index in [1.54, 1.807) is 7.05 Å². The van der Waals surface area contributed by atoms with Gasteiger partial charge in [0.2, 0.25) is 5.62 Å². The first-order valence-electron chi connectivity index (χ1n) is 7.65. The molecule has 0 spiro atoms. The lowest BCUT2D eigenvalue weighted by atomic mass is 9.73. The zero-order valence-electron chi connectivity index (χ0n) is 13.7. The highest BCUT2D eigenvalue weighted by atomic mass is 16.1. The molecule has 0 aliphatic carbocycles. The molecule has 1 radical (unpaired) electrons. The molecule has 2 aromatic carbocycles. The van der Waals surface area contributed by atoms with Crippen LogP contribution in [0.3, 0.4) is 0 Å². The van der Waals surface area contributed by atoms with Crippen LogP contribution in [0, 0.1) is 0 Å². The Hall–Kier alpha value is -2.56. The van der Waals surface area contributed by atoms with Crippen LogP contribution < -0.4 is 11.1 Å². The highest BCUT2D eigenvalue weighted by Crippen LogP contribution is 2.12. The molecule has 115 valence electrons. The van der Waals surface area contributed by atoms with Crippen LogP contribution in [0.5, 0.6) is 0 Å². The number of imidazole rings is 1. The average Bonchev–Trinajstić information content (AvgIpc) is 2.87. The Morgan fingerprint density at radius 3 is 2.35 bits per heavy atom. The van der Waals surface area contributed by atoms with Crippen LogP contribution in [-0.2, 0) is 13.6 Å². The van der Waals surface area contributed by atoms with Gasteiger partial charge in [0.1, 0.15) is 7.28 Å². The van der Waals surface area contributed by atoms with Crippen molar-refractivity contribution in [1.29, 1.82) is 0 Å². The molecule has 5 heteroatoms. The summed E-state index contributed by atoms with van der Waals surface area (Å²) in [6.45, 7) is 2.26. The van der Waals surface area contributed by atoms with Gasteiger partial charge < -0.3 is 9.13 Å². The first kappa shape index (κ1) is 15.3. The molecule has 4 nitrogen and oxygen atoms in total. The maximum atomic E-state index is 12.7. The summed E-state index contributed by atoms with van der Waals surface area (Å²) in [5, 5.41) is 0. The van der Waals surface area contributed by atoms with Gasteiger partial charge in [-0.2, -0.15) is 0 Å². The average molecular weight is 304 g/mol. The molecule has 1 heterocycles. The summed E-state index contributed by atoms with van der Waals surface area (Å²) in [7, 11) is 5.74. The van der Waals surface area contributed by atoms with E-state index in [1.165, 1.54) is 0 Å². The molecule has 3 aromatic rings. The number of ketones is 1. The number of fused-ring (bicyclic) bond motifs is 1. The van der Waals surface area contributed by atoms with E-state index in [2.05, 4.69) is 4.99 Å². The molecule has 23 heavy (non-hydrogen) atoms. The number of aryl methyl sites for hydroxylation is 1. The summed E-state index contributed by atoms with van der Waals surface area (Å²) in [5.74, 6) is 0.0823. The maximum absolute atomic E-state index is 12.7. The van der Waals surface area contributed by atoms with Crippen molar-refractivity contribution in [1.82, 2.24) is 9.13 Å². The summed E-state index contributed by atoms with van der Waals surface area (Å²) in [6.07, 6.45) is 0. The molecule has 0 N–H and O–H groups in total. The molecule has 0 aliphatic heterocycles. The molecule has 0 atom stereocenters. The van der Waals surface area contributed by atoms with Crippen molar-refractivity contribution in [3.63, 3.8) is 0 Å².